The van der Waals surface area contributed by atoms with Gasteiger partial charge in [0.25, 0.3) is 0 Å². The van der Waals surface area contributed by atoms with Gasteiger partial charge in [0.05, 0.1) is 11.6 Å². The van der Waals surface area contributed by atoms with Crippen LogP contribution in [0.25, 0.3) is 0 Å². The van der Waals surface area contributed by atoms with E-state index in [1.165, 1.54) is 11.6 Å². The van der Waals surface area contributed by atoms with Gasteiger partial charge in [0, 0.05) is 6.04 Å². The molecule has 0 aliphatic heterocycles. The maximum atomic E-state index is 13.3. The minimum atomic E-state index is -0.232. The first-order valence-electron chi connectivity index (χ1n) is 6.87. The van der Waals surface area contributed by atoms with Gasteiger partial charge in [0.15, 0.2) is 0 Å². The third kappa shape index (κ3) is 4.29. The van der Waals surface area contributed by atoms with Crippen LogP contribution in [0.3, 0.4) is 0 Å². The molecule has 112 valence electrons. The first-order chi connectivity index (χ1) is 10.1. The van der Waals surface area contributed by atoms with Gasteiger partial charge in [-0.2, -0.15) is 0 Å². The number of likely N-dealkylation sites (N-methyl/N-ethyl adjacent to an activating group) is 1. The van der Waals surface area contributed by atoms with E-state index in [0.29, 0.717) is 4.47 Å². The standard InChI is InChI=1S/C17H19BrFNO/c1-20-14(9-12-7-8-16(19)15(18)10-12)11-13-5-3-4-6-17(13)21-2/h3-8,10,14,20H,9,11H2,1-2H3. The van der Waals surface area contributed by atoms with Crippen molar-refractivity contribution in [1.29, 1.82) is 0 Å². The fourth-order valence-corrected chi connectivity index (χ4v) is 2.79. The van der Waals surface area contributed by atoms with Gasteiger partial charge in [-0.05, 0) is 65.1 Å². The number of hydrogen-bond donors (Lipinski definition) is 1. The quantitative estimate of drug-likeness (QED) is 0.850. The number of ether oxygens (including phenoxy) is 1. The van der Waals surface area contributed by atoms with E-state index in [1.54, 1.807) is 7.11 Å². The van der Waals surface area contributed by atoms with Crippen molar-refractivity contribution in [2.24, 2.45) is 0 Å². The monoisotopic (exact) mass is 351 g/mol. The zero-order valence-corrected chi connectivity index (χ0v) is 13.8. The molecule has 1 N–H and O–H groups in total. The van der Waals surface area contributed by atoms with Gasteiger partial charge < -0.3 is 10.1 Å². The van der Waals surface area contributed by atoms with Crippen LogP contribution < -0.4 is 10.1 Å². The fourth-order valence-electron chi connectivity index (χ4n) is 2.36. The zero-order valence-electron chi connectivity index (χ0n) is 12.2. The first kappa shape index (κ1) is 16.0. The van der Waals surface area contributed by atoms with Crippen LogP contribution >= 0.6 is 15.9 Å². The smallest absolute Gasteiger partial charge is 0.137 e. The molecule has 0 amide bonds. The number of nitrogens with one attached hydrogen (secondary N) is 1. The maximum Gasteiger partial charge on any atom is 0.137 e. The average molecular weight is 352 g/mol. The maximum absolute atomic E-state index is 13.3. The molecule has 0 spiro atoms. The summed E-state index contributed by atoms with van der Waals surface area (Å²) in [4.78, 5) is 0. The predicted molar refractivity (Wildman–Crippen MR) is 87.3 cm³/mol. The molecular formula is C17H19BrFNO. The Morgan fingerprint density at radius 3 is 2.62 bits per heavy atom. The molecule has 0 bridgehead atoms. The normalized spacial score (nSPS) is 12.2. The number of para-hydroxylation sites is 1. The lowest BCUT2D eigenvalue weighted by Crippen LogP contribution is -2.30. The molecule has 2 nitrogen and oxygen atoms in total. The van der Waals surface area contributed by atoms with Crippen LogP contribution in [-0.2, 0) is 12.8 Å². The van der Waals surface area contributed by atoms with E-state index in [2.05, 4.69) is 27.3 Å². The van der Waals surface area contributed by atoms with Crippen LogP contribution in [0, 0.1) is 5.82 Å². The van der Waals surface area contributed by atoms with Crippen molar-refractivity contribution >= 4 is 15.9 Å². The highest BCUT2D eigenvalue weighted by Gasteiger charge is 2.12. The third-order valence-electron chi connectivity index (χ3n) is 3.53. The number of halogens is 2. The summed E-state index contributed by atoms with van der Waals surface area (Å²) in [5.41, 5.74) is 2.26. The summed E-state index contributed by atoms with van der Waals surface area (Å²) in [5.74, 6) is 0.669. The van der Waals surface area contributed by atoms with Crippen molar-refractivity contribution in [1.82, 2.24) is 5.32 Å². The highest BCUT2D eigenvalue weighted by atomic mass is 79.9. The van der Waals surface area contributed by atoms with Crippen LogP contribution in [0.1, 0.15) is 11.1 Å². The summed E-state index contributed by atoms with van der Waals surface area (Å²) in [7, 11) is 3.63. The Morgan fingerprint density at radius 1 is 1.19 bits per heavy atom. The molecule has 0 radical (unpaired) electrons. The summed E-state index contributed by atoms with van der Waals surface area (Å²) in [6, 6.07) is 13.4. The van der Waals surface area contributed by atoms with E-state index in [0.717, 1.165) is 24.2 Å². The third-order valence-corrected chi connectivity index (χ3v) is 4.14. The van der Waals surface area contributed by atoms with Gasteiger partial charge in [0.2, 0.25) is 0 Å². The molecule has 2 aromatic rings. The van der Waals surface area contributed by atoms with Gasteiger partial charge in [-0.15, -0.1) is 0 Å². The molecule has 1 atom stereocenters. The Kier molecular flexibility index (Phi) is 5.76. The zero-order chi connectivity index (χ0) is 15.2. The lowest BCUT2D eigenvalue weighted by atomic mass is 9.98. The van der Waals surface area contributed by atoms with Gasteiger partial charge in [0.1, 0.15) is 11.6 Å². The van der Waals surface area contributed by atoms with Crippen molar-refractivity contribution < 1.29 is 9.13 Å². The minimum Gasteiger partial charge on any atom is -0.496 e. The molecule has 4 heteroatoms. The summed E-state index contributed by atoms with van der Waals surface area (Å²) >= 11 is 3.23. The van der Waals surface area contributed by atoms with Crippen LogP contribution in [0.5, 0.6) is 5.75 Å². The Bertz CT molecular complexity index is 603. The van der Waals surface area contributed by atoms with E-state index < -0.39 is 0 Å². The molecule has 0 heterocycles. The molecule has 0 aromatic heterocycles. The highest BCUT2D eigenvalue weighted by Crippen LogP contribution is 2.22. The summed E-state index contributed by atoms with van der Waals surface area (Å²) < 4.78 is 19.2. The van der Waals surface area contributed by atoms with Gasteiger partial charge in [-0.3, -0.25) is 0 Å². The lowest BCUT2D eigenvalue weighted by Gasteiger charge is -2.18. The average Bonchev–Trinajstić information content (AvgIpc) is 2.50. The van der Waals surface area contributed by atoms with Crippen molar-refractivity contribution in [2.45, 2.75) is 18.9 Å². The Balaban J connectivity index is 2.11. The second-order valence-electron chi connectivity index (χ2n) is 4.95. The van der Waals surface area contributed by atoms with Crippen LogP contribution in [0.15, 0.2) is 46.9 Å². The predicted octanol–water partition coefficient (Wildman–Crippen LogP) is 3.97. The van der Waals surface area contributed by atoms with Crippen molar-refractivity contribution in [3.63, 3.8) is 0 Å². The van der Waals surface area contributed by atoms with E-state index in [4.69, 9.17) is 4.74 Å². The topological polar surface area (TPSA) is 21.3 Å². The van der Waals surface area contributed by atoms with Crippen LogP contribution in [0.2, 0.25) is 0 Å². The molecule has 0 aliphatic carbocycles. The Morgan fingerprint density at radius 2 is 1.95 bits per heavy atom. The number of benzene rings is 2. The van der Waals surface area contributed by atoms with E-state index in [9.17, 15) is 4.39 Å². The largest absolute Gasteiger partial charge is 0.496 e. The van der Waals surface area contributed by atoms with Gasteiger partial charge in [-0.25, -0.2) is 4.39 Å². The van der Waals surface area contributed by atoms with Crippen molar-refractivity contribution in [2.75, 3.05) is 14.2 Å². The van der Waals surface area contributed by atoms with Crippen molar-refractivity contribution in [3.05, 3.63) is 63.9 Å². The first-order valence-corrected chi connectivity index (χ1v) is 7.66. The number of hydrogen-bond acceptors (Lipinski definition) is 2. The summed E-state index contributed by atoms with van der Waals surface area (Å²) in [6.07, 6.45) is 1.68. The van der Waals surface area contributed by atoms with Gasteiger partial charge in [-0.1, -0.05) is 24.3 Å². The number of rotatable bonds is 6. The second-order valence-corrected chi connectivity index (χ2v) is 5.81. The Hall–Kier alpha value is -1.39. The fraction of sp³-hybridized carbons (Fsp3) is 0.294. The molecule has 21 heavy (non-hydrogen) atoms. The highest BCUT2D eigenvalue weighted by molar-refractivity contribution is 9.10. The SMILES string of the molecule is CNC(Cc1ccc(F)c(Br)c1)Cc1ccccc1OC. The summed E-state index contributed by atoms with van der Waals surface area (Å²) in [6.45, 7) is 0. The van der Waals surface area contributed by atoms with Crippen LogP contribution in [0.4, 0.5) is 4.39 Å². The minimum absolute atomic E-state index is 0.232. The summed E-state index contributed by atoms with van der Waals surface area (Å²) in [5, 5.41) is 3.32. The van der Waals surface area contributed by atoms with E-state index in [1.807, 2.05) is 37.4 Å². The molecular weight excluding hydrogens is 333 g/mol. The molecule has 0 fully saturated rings. The second kappa shape index (κ2) is 7.57. The molecule has 0 saturated heterocycles. The molecule has 0 saturated carbocycles. The molecule has 2 rings (SSSR count). The van der Waals surface area contributed by atoms with Gasteiger partial charge >= 0.3 is 0 Å². The molecule has 1 unspecified atom stereocenters. The lowest BCUT2D eigenvalue weighted by molar-refractivity contribution is 0.406. The molecule has 2 aromatic carbocycles. The van der Waals surface area contributed by atoms with E-state index in [-0.39, 0.29) is 11.9 Å². The van der Waals surface area contributed by atoms with Crippen molar-refractivity contribution in [3.8, 4) is 5.75 Å². The molecule has 0 aliphatic rings. The Labute approximate surface area is 133 Å². The number of methoxy groups -OCH3 is 1. The van der Waals surface area contributed by atoms with Crippen LogP contribution in [-0.4, -0.2) is 20.2 Å². The van der Waals surface area contributed by atoms with E-state index >= 15 is 0 Å².